The van der Waals surface area contributed by atoms with Crippen LogP contribution in [0.1, 0.15) is 24.0 Å². The van der Waals surface area contributed by atoms with Crippen LogP contribution in [0.4, 0.5) is 4.39 Å². The third kappa shape index (κ3) is 2.89. The number of rotatable bonds is 5. The molecule has 2 aromatic rings. The zero-order chi connectivity index (χ0) is 14.9. The average molecular weight is 306 g/mol. The normalized spacial score (nSPS) is 15.8. The van der Waals surface area contributed by atoms with Crippen molar-refractivity contribution in [2.45, 2.75) is 24.9 Å². The zero-order valence-electron chi connectivity index (χ0n) is 11.6. The molecular formula is C17H17ClFNO. The van der Waals surface area contributed by atoms with Gasteiger partial charge in [0.2, 0.25) is 0 Å². The van der Waals surface area contributed by atoms with E-state index in [1.165, 1.54) is 6.07 Å². The van der Waals surface area contributed by atoms with Crippen LogP contribution in [-0.2, 0) is 12.0 Å². The molecule has 0 unspecified atom stereocenters. The maximum Gasteiger partial charge on any atom is 0.174 e. The largest absolute Gasteiger partial charge is 0.484 e. The van der Waals surface area contributed by atoms with Gasteiger partial charge in [-0.3, -0.25) is 0 Å². The lowest BCUT2D eigenvalue weighted by molar-refractivity contribution is 0.290. The summed E-state index contributed by atoms with van der Waals surface area (Å²) in [5, 5.41) is 0.306. The van der Waals surface area contributed by atoms with Crippen LogP contribution in [0.25, 0.3) is 0 Å². The highest BCUT2D eigenvalue weighted by Crippen LogP contribution is 2.49. The van der Waals surface area contributed by atoms with Gasteiger partial charge in [-0.15, -0.1) is 0 Å². The van der Waals surface area contributed by atoms with Crippen molar-refractivity contribution >= 4 is 11.6 Å². The fraction of sp³-hybridized carbons (Fsp3) is 0.294. The van der Waals surface area contributed by atoms with Crippen molar-refractivity contribution in [3.8, 4) is 5.75 Å². The summed E-state index contributed by atoms with van der Waals surface area (Å²) in [5.74, 6) is -0.315. The SMILES string of the molecule is NCC1(c2cc(F)c(OCc3ccccc3)c(Cl)c2)CC1. The molecule has 0 bridgehead atoms. The van der Waals surface area contributed by atoms with Crippen molar-refractivity contribution < 1.29 is 9.13 Å². The van der Waals surface area contributed by atoms with Gasteiger partial charge in [-0.2, -0.15) is 0 Å². The van der Waals surface area contributed by atoms with Crippen molar-refractivity contribution in [1.29, 1.82) is 0 Å². The van der Waals surface area contributed by atoms with E-state index in [9.17, 15) is 4.39 Å². The Morgan fingerprint density at radius 2 is 1.90 bits per heavy atom. The molecule has 1 aliphatic rings. The Balaban J connectivity index is 1.80. The molecule has 0 aromatic heterocycles. The van der Waals surface area contributed by atoms with Crippen molar-refractivity contribution in [3.05, 3.63) is 64.4 Å². The molecule has 2 aromatic carbocycles. The van der Waals surface area contributed by atoms with E-state index in [-0.39, 0.29) is 11.2 Å². The third-order valence-electron chi connectivity index (χ3n) is 4.08. The Kier molecular flexibility index (Phi) is 3.87. The standard InChI is InChI=1S/C17H17ClFNO/c18-14-8-13(17(11-20)6-7-17)9-15(19)16(14)21-10-12-4-2-1-3-5-12/h1-5,8-9H,6-7,10-11,20H2. The minimum atomic E-state index is -0.423. The third-order valence-corrected chi connectivity index (χ3v) is 4.36. The van der Waals surface area contributed by atoms with Gasteiger partial charge in [0, 0.05) is 12.0 Å². The molecule has 2 N–H and O–H groups in total. The van der Waals surface area contributed by atoms with Crippen molar-refractivity contribution in [3.63, 3.8) is 0 Å². The predicted octanol–water partition coefficient (Wildman–Crippen LogP) is 4.05. The first-order valence-corrected chi connectivity index (χ1v) is 7.39. The number of hydrogen-bond donors (Lipinski definition) is 1. The lowest BCUT2D eigenvalue weighted by Crippen LogP contribution is -2.20. The lowest BCUT2D eigenvalue weighted by atomic mass is 9.96. The monoisotopic (exact) mass is 305 g/mol. The zero-order valence-corrected chi connectivity index (χ0v) is 12.4. The highest BCUT2D eigenvalue weighted by molar-refractivity contribution is 6.32. The smallest absolute Gasteiger partial charge is 0.174 e. The molecule has 0 amide bonds. The van der Waals surface area contributed by atoms with Gasteiger partial charge in [0.25, 0.3) is 0 Å². The molecule has 0 spiro atoms. The number of ether oxygens (including phenoxy) is 1. The van der Waals surface area contributed by atoms with Crippen LogP contribution in [0.15, 0.2) is 42.5 Å². The van der Waals surface area contributed by atoms with Gasteiger partial charge in [-0.05, 0) is 36.1 Å². The van der Waals surface area contributed by atoms with Gasteiger partial charge >= 0.3 is 0 Å². The summed E-state index contributed by atoms with van der Waals surface area (Å²) in [6, 6.07) is 12.9. The number of benzene rings is 2. The lowest BCUT2D eigenvalue weighted by Gasteiger charge is -2.16. The van der Waals surface area contributed by atoms with Crippen LogP contribution in [0.5, 0.6) is 5.75 Å². The van der Waals surface area contributed by atoms with E-state index < -0.39 is 5.82 Å². The molecule has 0 aliphatic heterocycles. The Morgan fingerprint density at radius 3 is 2.48 bits per heavy atom. The molecule has 2 nitrogen and oxygen atoms in total. The van der Waals surface area contributed by atoms with E-state index in [0.29, 0.717) is 18.2 Å². The Bertz CT molecular complexity index is 617. The predicted molar refractivity (Wildman–Crippen MR) is 82.2 cm³/mol. The highest BCUT2D eigenvalue weighted by atomic mass is 35.5. The minimum absolute atomic E-state index is 0.0809. The molecule has 21 heavy (non-hydrogen) atoms. The Hall–Kier alpha value is -1.58. The first-order valence-electron chi connectivity index (χ1n) is 7.01. The summed E-state index contributed by atoms with van der Waals surface area (Å²) in [4.78, 5) is 0. The number of hydrogen-bond acceptors (Lipinski definition) is 2. The van der Waals surface area contributed by atoms with E-state index in [4.69, 9.17) is 22.1 Å². The van der Waals surface area contributed by atoms with Crippen LogP contribution < -0.4 is 10.5 Å². The second-order valence-corrected chi connectivity index (χ2v) is 5.93. The summed E-state index contributed by atoms with van der Waals surface area (Å²) in [6.45, 7) is 0.811. The van der Waals surface area contributed by atoms with Gasteiger partial charge in [0.15, 0.2) is 11.6 Å². The van der Waals surface area contributed by atoms with Crippen molar-refractivity contribution in [2.75, 3.05) is 6.54 Å². The maximum absolute atomic E-state index is 14.3. The molecule has 0 saturated heterocycles. The van der Waals surface area contributed by atoms with Crippen LogP contribution in [0, 0.1) is 5.82 Å². The summed E-state index contributed by atoms with van der Waals surface area (Å²) >= 11 is 6.19. The van der Waals surface area contributed by atoms with E-state index in [1.54, 1.807) is 6.07 Å². The fourth-order valence-corrected chi connectivity index (χ4v) is 2.76. The molecule has 1 saturated carbocycles. The number of halogens is 2. The minimum Gasteiger partial charge on any atom is -0.484 e. The maximum atomic E-state index is 14.3. The Morgan fingerprint density at radius 1 is 1.19 bits per heavy atom. The molecule has 1 fully saturated rings. The van der Waals surface area contributed by atoms with Crippen LogP contribution in [-0.4, -0.2) is 6.54 Å². The van der Waals surface area contributed by atoms with E-state index in [0.717, 1.165) is 24.0 Å². The quantitative estimate of drug-likeness (QED) is 0.904. The molecule has 0 heterocycles. The summed E-state index contributed by atoms with van der Waals surface area (Å²) in [6.07, 6.45) is 1.98. The van der Waals surface area contributed by atoms with Crippen molar-refractivity contribution in [2.24, 2.45) is 5.73 Å². The van der Waals surface area contributed by atoms with Gasteiger partial charge < -0.3 is 10.5 Å². The molecule has 110 valence electrons. The van der Waals surface area contributed by atoms with Crippen LogP contribution in [0.3, 0.4) is 0 Å². The second-order valence-electron chi connectivity index (χ2n) is 5.53. The first kappa shape index (κ1) is 14.4. The molecule has 1 aliphatic carbocycles. The topological polar surface area (TPSA) is 35.2 Å². The van der Waals surface area contributed by atoms with E-state index in [1.807, 2.05) is 30.3 Å². The molecule has 0 radical (unpaired) electrons. The van der Waals surface area contributed by atoms with Gasteiger partial charge in [0.1, 0.15) is 6.61 Å². The van der Waals surface area contributed by atoms with Gasteiger partial charge in [0.05, 0.1) is 5.02 Å². The molecule has 3 rings (SSSR count). The van der Waals surface area contributed by atoms with Crippen LogP contribution >= 0.6 is 11.6 Å². The number of nitrogens with two attached hydrogens (primary N) is 1. The molecule has 0 atom stereocenters. The molecular weight excluding hydrogens is 289 g/mol. The van der Waals surface area contributed by atoms with Crippen molar-refractivity contribution in [1.82, 2.24) is 0 Å². The summed E-state index contributed by atoms with van der Waals surface area (Å²) in [5.41, 5.74) is 7.54. The summed E-state index contributed by atoms with van der Waals surface area (Å²) in [7, 11) is 0. The first-order chi connectivity index (χ1) is 10.1. The average Bonchev–Trinajstić information content (AvgIpc) is 3.28. The van der Waals surface area contributed by atoms with Crippen LogP contribution in [0.2, 0.25) is 5.02 Å². The highest BCUT2D eigenvalue weighted by Gasteiger charge is 2.43. The van der Waals surface area contributed by atoms with Gasteiger partial charge in [-0.25, -0.2) is 4.39 Å². The second kappa shape index (κ2) is 5.66. The van der Waals surface area contributed by atoms with E-state index in [2.05, 4.69) is 0 Å². The van der Waals surface area contributed by atoms with Gasteiger partial charge in [-0.1, -0.05) is 41.9 Å². The summed E-state index contributed by atoms with van der Waals surface area (Å²) < 4.78 is 19.8. The molecule has 4 heteroatoms. The Labute approximate surface area is 128 Å². The fourth-order valence-electron chi connectivity index (χ4n) is 2.50. The van der Waals surface area contributed by atoms with E-state index >= 15 is 0 Å².